The van der Waals surface area contributed by atoms with Crippen LogP contribution in [0.5, 0.6) is 0 Å². The van der Waals surface area contributed by atoms with Crippen molar-refractivity contribution in [3.05, 3.63) is 62.5 Å². The molecule has 4 nitrogen and oxygen atoms in total. The van der Waals surface area contributed by atoms with E-state index in [1.165, 1.54) is 0 Å². The highest BCUT2D eigenvalue weighted by molar-refractivity contribution is 9.11. The topological polar surface area (TPSA) is 66.4 Å². The first kappa shape index (κ1) is 15.4. The number of amides is 1. The molecule has 0 aliphatic carbocycles. The van der Waals surface area contributed by atoms with Gasteiger partial charge in [0.2, 0.25) is 0 Å². The number of halogens is 2. The van der Waals surface area contributed by atoms with Gasteiger partial charge in [-0.05, 0) is 12.1 Å². The van der Waals surface area contributed by atoms with Gasteiger partial charge in [-0.2, -0.15) is 0 Å². The molecular weight excluding hydrogens is 414 g/mol. The maximum Gasteiger partial charge on any atom is 0.261 e. The van der Waals surface area contributed by atoms with Gasteiger partial charge in [-0.25, -0.2) is 0 Å². The van der Waals surface area contributed by atoms with Gasteiger partial charge >= 0.3 is 0 Å². The molecule has 3 rings (SSSR count). The number of anilines is 1. The lowest BCUT2D eigenvalue weighted by atomic mass is 9.88. The molecule has 0 aromatic heterocycles. The predicted molar refractivity (Wildman–Crippen MR) is 89.8 cm³/mol. The largest absolute Gasteiger partial charge is 0.375 e. The van der Waals surface area contributed by atoms with Gasteiger partial charge in [0.25, 0.3) is 5.91 Å². The summed E-state index contributed by atoms with van der Waals surface area (Å²) < 4.78 is 1.33. The van der Waals surface area contributed by atoms with Gasteiger partial charge < -0.3 is 10.4 Å². The van der Waals surface area contributed by atoms with Crippen LogP contribution in [0.1, 0.15) is 22.3 Å². The third kappa shape index (κ3) is 2.51. The fourth-order valence-electron chi connectivity index (χ4n) is 2.56. The van der Waals surface area contributed by atoms with E-state index < -0.39 is 11.5 Å². The van der Waals surface area contributed by atoms with E-state index >= 15 is 0 Å². The molecule has 0 saturated carbocycles. The Hall–Kier alpha value is -1.50. The molecule has 0 spiro atoms. The standard InChI is InChI=1S/C16H11Br2NO3/c17-10-6-11(18)14-12(7-10)19-15(21)16(14,22)8-13(20)9-4-2-1-3-5-9/h1-7,22H,8H2,(H,19,21)/t16-/m1/s1. The van der Waals surface area contributed by atoms with Crippen molar-refractivity contribution in [3.63, 3.8) is 0 Å². The van der Waals surface area contributed by atoms with Crippen LogP contribution in [0, 0.1) is 0 Å². The molecule has 22 heavy (non-hydrogen) atoms. The number of benzene rings is 2. The number of aliphatic hydroxyl groups is 1. The number of ketones is 1. The molecule has 0 saturated heterocycles. The zero-order valence-electron chi connectivity index (χ0n) is 11.3. The van der Waals surface area contributed by atoms with Crippen molar-refractivity contribution in [1.29, 1.82) is 0 Å². The maximum atomic E-state index is 12.4. The van der Waals surface area contributed by atoms with Gasteiger partial charge in [-0.3, -0.25) is 9.59 Å². The van der Waals surface area contributed by atoms with Crippen LogP contribution in [0.2, 0.25) is 0 Å². The molecule has 6 heteroatoms. The van der Waals surface area contributed by atoms with Crippen LogP contribution < -0.4 is 5.32 Å². The van der Waals surface area contributed by atoms with Crippen LogP contribution in [0.3, 0.4) is 0 Å². The zero-order valence-corrected chi connectivity index (χ0v) is 14.4. The quantitative estimate of drug-likeness (QED) is 0.739. The fourth-order valence-corrected chi connectivity index (χ4v) is 4.11. The summed E-state index contributed by atoms with van der Waals surface area (Å²) in [5.41, 5.74) is -0.521. The van der Waals surface area contributed by atoms with E-state index in [-0.39, 0.29) is 12.2 Å². The highest BCUT2D eigenvalue weighted by Crippen LogP contribution is 2.44. The summed E-state index contributed by atoms with van der Waals surface area (Å²) in [5.74, 6) is -0.883. The summed E-state index contributed by atoms with van der Waals surface area (Å²) in [7, 11) is 0. The van der Waals surface area contributed by atoms with E-state index in [0.29, 0.717) is 21.3 Å². The summed E-state index contributed by atoms with van der Waals surface area (Å²) in [6, 6.07) is 12.0. The minimum atomic E-state index is -1.87. The van der Waals surface area contributed by atoms with E-state index in [9.17, 15) is 14.7 Å². The Morgan fingerprint density at radius 1 is 1.18 bits per heavy atom. The number of carbonyl (C=O) groups is 2. The minimum Gasteiger partial charge on any atom is -0.375 e. The lowest BCUT2D eigenvalue weighted by Crippen LogP contribution is -2.36. The van der Waals surface area contributed by atoms with E-state index in [1.807, 2.05) is 0 Å². The lowest BCUT2D eigenvalue weighted by molar-refractivity contribution is -0.133. The zero-order chi connectivity index (χ0) is 15.9. The molecule has 1 aliphatic heterocycles. The number of hydrogen-bond acceptors (Lipinski definition) is 3. The Morgan fingerprint density at radius 2 is 1.86 bits per heavy atom. The molecule has 0 radical (unpaired) electrons. The van der Waals surface area contributed by atoms with E-state index in [4.69, 9.17) is 0 Å². The SMILES string of the molecule is O=C(C[C@]1(O)C(=O)Nc2cc(Br)cc(Br)c21)c1ccccc1. The van der Waals surface area contributed by atoms with Gasteiger partial charge in [0, 0.05) is 25.8 Å². The first-order valence-corrected chi connectivity index (χ1v) is 8.12. The molecule has 1 amide bonds. The Kier molecular flexibility index (Phi) is 3.92. The molecule has 2 N–H and O–H groups in total. The number of hydrogen-bond donors (Lipinski definition) is 2. The molecule has 2 aromatic rings. The van der Waals surface area contributed by atoms with Crippen LogP contribution in [-0.4, -0.2) is 16.8 Å². The van der Waals surface area contributed by atoms with Crippen molar-refractivity contribution in [2.24, 2.45) is 0 Å². The third-order valence-electron chi connectivity index (χ3n) is 3.60. The molecule has 2 aromatic carbocycles. The molecule has 0 unspecified atom stereocenters. The monoisotopic (exact) mass is 423 g/mol. The third-order valence-corrected chi connectivity index (χ3v) is 4.69. The molecule has 1 atom stereocenters. The maximum absolute atomic E-state index is 12.4. The van der Waals surface area contributed by atoms with Gasteiger partial charge in [-0.15, -0.1) is 0 Å². The van der Waals surface area contributed by atoms with Crippen LogP contribution in [0.15, 0.2) is 51.4 Å². The van der Waals surface area contributed by atoms with E-state index in [0.717, 1.165) is 4.47 Å². The number of Topliss-reactive ketones (excluding diaryl/α,β-unsaturated/α-hetero) is 1. The molecule has 0 bridgehead atoms. The first-order chi connectivity index (χ1) is 10.4. The average Bonchev–Trinajstić information content (AvgIpc) is 2.70. The van der Waals surface area contributed by atoms with Crippen molar-refractivity contribution >= 4 is 49.2 Å². The van der Waals surface area contributed by atoms with Crippen LogP contribution in [0.25, 0.3) is 0 Å². The van der Waals surface area contributed by atoms with Crippen LogP contribution >= 0.6 is 31.9 Å². The molecular formula is C16H11Br2NO3. The van der Waals surface area contributed by atoms with Gasteiger partial charge in [0.05, 0.1) is 6.42 Å². The Bertz CT molecular complexity index is 776. The number of nitrogens with one attached hydrogen (secondary N) is 1. The van der Waals surface area contributed by atoms with Crippen molar-refractivity contribution in [2.45, 2.75) is 12.0 Å². The van der Waals surface area contributed by atoms with E-state index in [1.54, 1.807) is 42.5 Å². The minimum absolute atomic E-state index is 0.291. The lowest BCUT2D eigenvalue weighted by Gasteiger charge is -2.21. The molecule has 1 heterocycles. The summed E-state index contributed by atoms with van der Waals surface area (Å²) >= 11 is 6.68. The summed E-state index contributed by atoms with van der Waals surface area (Å²) in [6.45, 7) is 0. The van der Waals surface area contributed by atoms with Crippen molar-refractivity contribution in [1.82, 2.24) is 0 Å². The first-order valence-electron chi connectivity index (χ1n) is 6.53. The molecule has 1 aliphatic rings. The predicted octanol–water partition coefficient (Wildman–Crippen LogP) is 3.62. The Labute approximate surface area is 143 Å². The second-order valence-corrected chi connectivity index (χ2v) is 6.86. The average molecular weight is 425 g/mol. The van der Waals surface area contributed by atoms with Crippen LogP contribution in [-0.2, 0) is 10.4 Å². The second-order valence-electron chi connectivity index (χ2n) is 5.09. The Balaban J connectivity index is 2.01. The fraction of sp³-hybridized carbons (Fsp3) is 0.125. The molecule has 0 fully saturated rings. The number of carbonyl (C=O) groups excluding carboxylic acids is 2. The van der Waals surface area contributed by atoms with E-state index in [2.05, 4.69) is 37.2 Å². The van der Waals surface area contributed by atoms with Gasteiger partial charge in [-0.1, -0.05) is 62.2 Å². The second kappa shape index (κ2) is 5.61. The summed E-state index contributed by atoms with van der Waals surface area (Å²) in [6.07, 6.45) is -0.309. The van der Waals surface area contributed by atoms with Crippen LogP contribution in [0.4, 0.5) is 5.69 Å². The van der Waals surface area contributed by atoms with Crippen molar-refractivity contribution in [2.75, 3.05) is 5.32 Å². The van der Waals surface area contributed by atoms with Gasteiger partial charge in [0.1, 0.15) is 0 Å². The summed E-state index contributed by atoms with van der Waals surface area (Å²) in [4.78, 5) is 24.6. The Morgan fingerprint density at radius 3 is 2.55 bits per heavy atom. The normalized spacial score (nSPS) is 19.7. The molecule has 112 valence electrons. The van der Waals surface area contributed by atoms with Gasteiger partial charge in [0.15, 0.2) is 11.4 Å². The summed E-state index contributed by atoms with van der Waals surface area (Å²) in [5, 5.41) is 13.5. The highest BCUT2D eigenvalue weighted by Gasteiger charge is 2.48. The van der Waals surface area contributed by atoms with Crippen molar-refractivity contribution < 1.29 is 14.7 Å². The number of rotatable bonds is 3. The van der Waals surface area contributed by atoms with Crippen molar-refractivity contribution in [3.8, 4) is 0 Å². The smallest absolute Gasteiger partial charge is 0.261 e. The highest BCUT2D eigenvalue weighted by atomic mass is 79.9. The number of fused-ring (bicyclic) bond motifs is 1.